The molecule has 0 saturated heterocycles. The number of carbonyl (C=O) groups is 1. The zero-order valence-electron chi connectivity index (χ0n) is 8.99. The molecular formula is C9H20N2O2S. The second-order valence-corrected chi connectivity index (χ2v) is 4.82. The molecule has 0 heterocycles. The quantitative estimate of drug-likeness (QED) is 0.654. The van der Waals surface area contributed by atoms with Crippen molar-refractivity contribution in [3.8, 4) is 0 Å². The zero-order chi connectivity index (χ0) is 11.0. The molecule has 1 atom stereocenters. The molecule has 0 aromatic carbocycles. The summed E-state index contributed by atoms with van der Waals surface area (Å²) in [6, 6.07) is 0. The summed E-state index contributed by atoms with van der Waals surface area (Å²) in [7, 11) is 0.725. The van der Waals surface area contributed by atoms with Crippen LogP contribution in [0.5, 0.6) is 0 Å². The maximum Gasteiger partial charge on any atom is 0.234 e. The van der Waals surface area contributed by atoms with Gasteiger partial charge in [0, 0.05) is 30.1 Å². The number of rotatable bonds is 7. The van der Waals surface area contributed by atoms with Crippen molar-refractivity contribution >= 4 is 16.7 Å². The predicted octanol–water partition coefficient (Wildman–Crippen LogP) is -0.0477. The Hall–Kier alpha value is -0.420. The maximum absolute atomic E-state index is 11.4. The molecule has 0 aliphatic heterocycles. The number of carbonyl (C=O) groups excluding carboxylic acids is 1. The summed E-state index contributed by atoms with van der Waals surface area (Å²) in [5.41, 5.74) is 5.33. The first-order valence-corrected chi connectivity index (χ1v) is 6.39. The molecule has 4 nitrogen and oxygen atoms in total. The molecule has 0 aliphatic rings. The second kappa shape index (κ2) is 7.94. The van der Waals surface area contributed by atoms with E-state index in [4.69, 9.17) is 5.73 Å². The van der Waals surface area contributed by atoms with Crippen LogP contribution in [-0.4, -0.2) is 46.7 Å². The Kier molecular flexibility index (Phi) is 7.70. The molecule has 0 spiro atoms. The number of nitrogens with two attached hydrogens (primary N) is 1. The lowest BCUT2D eigenvalue weighted by Gasteiger charge is -2.16. The van der Waals surface area contributed by atoms with Crippen molar-refractivity contribution in [2.24, 2.45) is 5.73 Å². The van der Waals surface area contributed by atoms with Gasteiger partial charge in [-0.3, -0.25) is 9.00 Å². The molecule has 0 aliphatic carbocycles. The Morgan fingerprint density at radius 1 is 1.50 bits per heavy atom. The van der Waals surface area contributed by atoms with Crippen LogP contribution >= 0.6 is 0 Å². The van der Waals surface area contributed by atoms with Crippen LogP contribution in [-0.2, 0) is 15.6 Å². The van der Waals surface area contributed by atoms with E-state index in [9.17, 15) is 9.00 Å². The molecule has 14 heavy (non-hydrogen) atoms. The maximum atomic E-state index is 11.4. The van der Waals surface area contributed by atoms with E-state index in [1.54, 1.807) is 11.9 Å². The second-order valence-electron chi connectivity index (χ2n) is 3.25. The molecular weight excluding hydrogens is 200 g/mol. The van der Waals surface area contributed by atoms with Gasteiger partial charge in [-0.2, -0.15) is 0 Å². The minimum Gasteiger partial charge on any atom is -0.345 e. The molecule has 5 heteroatoms. The molecule has 0 bridgehead atoms. The van der Waals surface area contributed by atoms with E-state index in [-0.39, 0.29) is 11.7 Å². The largest absolute Gasteiger partial charge is 0.345 e. The highest BCUT2D eigenvalue weighted by Crippen LogP contribution is 1.93. The molecule has 0 fully saturated rings. The Bertz CT molecular complexity index is 197. The van der Waals surface area contributed by atoms with E-state index >= 15 is 0 Å². The molecule has 0 saturated carbocycles. The van der Waals surface area contributed by atoms with Gasteiger partial charge in [0.05, 0.1) is 0 Å². The van der Waals surface area contributed by atoms with E-state index in [2.05, 4.69) is 0 Å². The van der Waals surface area contributed by atoms with Crippen LogP contribution in [0.25, 0.3) is 0 Å². The minimum atomic E-state index is -0.999. The zero-order valence-corrected chi connectivity index (χ0v) is 9.81. The summed E-state index contributed by atoms with van der Waals surface area (Å²) in [5, 5.41) is 0. The lowest BCUT2D eigenvalue weighted by Crippen LogP contribution is -2.33. The van der Waals surface area contributed by atoms with Crippen LogP contribution in [0.15, 0.2) is 0 Å². The number of amides is 1. The first-order valence-electron chi connectivity index (χ1n) is 4.90. The molecule has 84 valence electrons. The van der Waals surface area contributed by atoms with E-state index in [0.717, 1.165) is 12.8 Å². The highest BCUT2D eigenvalue weighted by atomic mass is 32.2. The van der Waals surface area contributed by atoms with Crippen LogP contribution < -0.4 is 5.73 Å². The Labute approximate surface area is 88.3 Å². The Morgan fingerprint density at radius 3 is 2.64 bits per heavy atom. The van der Waals surface area contributed by atoms with Gasteiger partial charge in [-0.05, 0) is 19.4 Å². The summed E-state index contributed by atoms with van der Waals surface area (Å²) in [6.07, 6.45) is 1.65. The van der Waals surface area contributed by atoms with Crippen LogP contribution in [0.3, 0.4) is 0 Å². The van der Waals surface area contributed by atoms with Gasteiger partial charge in [0.2, 0.25) is 5.91 Å². The van der Waals surface area contributed by atoms with Crippen molar-refractivity contribution in [2.75, 3.05) is 31.6 Å². The fourth-order valence-electron chi connectivity index (χ4n) is 1.00. The lowest BCUT2D eigenvalue weighted by molar-refractivity contribution is -0.127. The third-order valence-corrected chi connectivity index (χ3v) is 3.27. The molecule has 0 radical (unpaired) electrons. The molecule has 1 unspecified atom stereocenters. The third kappa shape index (κ3) is 6.10. The monoisotopic (exact) mass is 220 g/mol. The van der Waals surface area contributed by atoms with Gasteiger partial charge < -0.3 is 10.6 Å². The van der Waals surface area contributed by atoms with Crippen molar-refractivity contribution in [1.82, 2.24) is 4.90 Å². The van der Waals surface area contributed by atoms with Gasteiger partial charge in [0.1, 0.15) is 5.75 Å². The Balaban J connectivity index is 3.76. The summed E-state index contributed by atoms with van der Waals surface area (Å²) < 4.78 is 11.3. The van der Waals surface area contributed by atoms with Gasteiger partial charge in [-0.25, -0.2) is 0 Å². The van der Waals surface area contributed by atoms with E-state index in [1.165, 1.54) is 0 Å². The van der Waals surface area contributed by atoms with E-state index in [1.807, 2.05) is 6.92 Å². The number of hydrogen-bond donors (Lipinski definition) is 1. The highest BCUT2D eigenvalue weighted by molar-refractivity contribution is 7.85. The van der Waals surface area contributed by atoms with Crippen LogP contribution in [0.1, 0.15) is 19.8 Å². The van der Waals surface area contributed by atoms with Crippen LogP contribution in [0.2, 0.25) is 0 Å². The third-order valence-electron chi connectivity index (χ3n) is 1.84. The molecule has 0 rings (SSSR count). The summed E-state index contributed by atoms with van der Waals surface area (Å²) in [4.78, 5) is 13.0. The summed E-state index contributed by atoms with van der Waals surface area (Å²) in [5.74, 6) is 0.705. The molecule has 1 amide bonds. The van der Waals surface area contributed by atoms with Gasteiger partial charge in [0.15, 0.2) is 0 Å². The number of nitrogens with zero attached hydrogens (tertiary/aromatic N) is 1. The SMILES string of the molecule is CCCS(=O)CC(=O)N(C)CCCN. The summed E-state index contributed by atoms with van der Waals surface area (Å²) >= 11 is 0. The van der Waals surface area contributed by atoms with Crippen molar-refractivity contribution in [3.05, 3.63) is 0 Å². The molecule has 0 aromatic rings. The first-order chi connectivity index (χ1) is 6.61. The average molecular weight is 220 g/mol. The van der Waals surface area contributed by atoms with Crippen LogP contribution in [0.4, 0.5) is 0 Å². The van der Waals surface area contributed by atoms with Gasteiger partial charge >= 0.3 is 0 Å². The number of hydrogen-bond acceptors (Lipinski definition) is 3. The fraction of sp³-hybridized carbons (Fsp3) is 0.889. The topological polar surface area (TPSA) is 63.4 Å². The fourth-order valence-corrected chi connectivity index (χ4v) is 2.10. The van der Waals surface area contributed by atoms with Crippen molar-refractivity contribution in [1.29, 1.82) is 0 Å². The van der Waals surface area contributed by atoms with Crippen LogP contribution in [0, 0.1) is 0 Å². The minimum absolute atomic E-state index is 0.0507. The first kappa shape index (κ1) is 13.6. The van der Waals surface area contributed by atoms with Crippen molar-refractivity contribution in [3.63, 3.8) is 0 Å². The van der Waals surface area contributed by atoms with Gasteiger partial charge in [-0.1, -0.05) is 6.92 Å². The van der Waals surface area contributed by atoms with Gasteiger partial charge in [-0.15, -0.1) is 0 Å². The van der Waals surface area contributed by atoms with Gasteiger partial charge in [0.25, 0.3) is 0 Å². The smallest absolute Gasteiger partial charge is 0.234 e. The highest BCUT2D eigenvalue weighted by Gasteiger charge is 2.11. The van der Waals surface area contributed by atoms with E-state index < -0.39 is 10.8 Å². The van der Waals surface area contributed by atoms with E-state index in [0.29, 0.717) is 18.8 Å². The Morgan fingerprint density at radius 2 is 2.14 bits per heavy atom. The molecule has 0 aromatic heterocycles. The van der Waals surface area contributed by atoms with Crippen molar-refractivity contribution in [2.45, 2.75) is 19.8 Å². The summed E-state index contributed by atoms with van der Waals surface area (Å²) in [6.45, 7) is 3.19. The standard InChI is InChI=1S/C9H20N2O2S/c1-3-7-14(13)8-9(12)11(2)6-4-5-10/h3-8,10H2,1-2H3. The average Bonchev–Trinajstić information content (AvgIpc) is 2.14. The van der Waals surface area contributed by atoms with Crippen molar-refractivity contribution < 1.29 is 9.00 Å². The molecule has 2 N–H and O–H groups in total. The normalized spacial score (nSPS) is 12.5. The lowest BCUT2D eigenvalue weighted by atomic mass is 10.4. The predicted molar refractivity (Wildman–Crippen MR) is 59.5 cm³/mol.